The Morgan fingerprint density at radius 1 is 1.32 bits per heavy atom. The molecule has 2 fully saturated rings. The predicted molar refractivity (Wildman–Crippen MR) is 84.6 cm³/mol. The molecule has 0 spiro atoms. The molecule has 1 atom stereocenters. The van der Waals surface area contributed by atoms with Gasteiger partial charge in [0.1, 0.15) is 5.82 Å². The maximum atomic E-state index is 12.3. The fourth-order valence-electron chi connectivity index (χ4n) is 3.50. The number of carbonyl (C=O) groups excluding carboxylic acids is 1. The number of H-pyrrole nitrogens is 1. The van der Waals surface area contributed by atoms with E-state index in [0.29, 0.717) is 24.3 Å². The Morgan fingerprint density at radius 2 is 2.14 bits per heavy atom. The van der Waals surface area contributed by atoms with Crippen molar-refractivity contribution in [3.8, 4) is 0 Å². The van der Waals surface area contributed by atoms with Crippen LogP contribution in [0.1, 0.15) is 63.0 Å². The second-order valence-corrected chi connectivity index (χ2v) is 6.48. The van der Waals surface area contributed by atoms with Crippen molar-refractivity contribution < 1.29 is 4.79 Å². The number of aromatic nitrogens is 3. The third-order valence-corrected chi connectivity index (χ3v) is 4.97. The number of hydrogen-bond acceptors (Lipinski definition) is 4. The smallest absolute Gasteiger partial charge is 0.222 e. The summed E-state index contributed by atoms with van der Waals surface area (Å²) in [4.78, 5) is 18.9. The average Bonchev–Trinajstić information content (AvgIpc) is 3.24. The molecule has 1 aromatic rings. The molecule has 3 heterocycles. The number of carbonyl (C=O) groups is 1. The lowest BCUT2D eigenvalue weighted by atomic mass is 9.95. The minimum atomic E-state index is 0.316. The summed E-state index contributed by atoms with van der Waals surface area (Å²) < 4.78 is 0. The minimum absolute atomic E-state index is 0.316. The maximum Gasteiger partial charge on any atom is 0.222 e. The summed E-state index contributed by atoms with van der Waals surface area (Å²) in [5.74, 6) is 2.60. The molecular formula is C16H27N5O. The lowest BCUT2D eigenvalue weighted by Crippen LogP contribution is -2.38. The van der Waals surface area contributed by atoms with Crippen molar-refractivity contribution >= 4 is 5.91 Å². The first-order valence-electron chi connectivity index (χ1n) is 8.68. The predicted octanol–water partition coefficient (Wildman–Crippen LogP) is 1.61. The molecule has 22 heavy (non-hydrogen) atoms. The van der Waals surface area contributed by atoms with Crippen LogP contribution in [0.2, 0.25) is 0 Å². The van der Waals surface area contributed by atoms with Gasteiger partial charge in [-0.3, -0.25) is 9.89 Å². The molecule has 0 saturated carbocycles. The van der Waals surface area contributed by atoms with Gasteiger partial charge in [-0.25, -0.2) is 4.98 Å². The van der Waals surface area contributed by atoms with E-state index in [1.807, 2.05) is 4.90 Å². The van der Waals surface area contributed by atoms with E-state index in [2.05, 4.69) is 27.4 Å². The molecule has 122 valence electrons. The molecule has 0 bridgehead atoms. The van der Waals surface area contributed by atoms with Gasteiger partial charge in [0.05, 0.1) is 0 Å². The topological polar surface area (TPSA) is 73.9 Å². The molecule has 0 aliphatic carbocycles. The minimum Gasteiger partial charge on any atom is -0.343 e. The van der Waals surface area contributed by atoms with Crippen LogP contribution in [0.5, 0.6) is 0 Å². The highest BCUT2D eigenvalue weighted by molar-refractivity contribution is 5.76. The summed E-state index contributed by atoms with van der Waals surface area (Å²) in [6, 6.07) is 0.558. The Labute approximate surface area is 132 Å². The summed E-state index contributed by atoms with van der Waals surface area (Å²) >= 11 is 0. The first-order chi connectivity index (χ1) is 10.8. The van der Waals surface area contributed by atoms with Crippen molar-refractivity contribution in [2.45, 2.75) is 63.8 Å². The van der Waals surface area contributed by atoms with Crippen molar-refractivity contribution in [1.82, 2.24) is 25.4 Å². The number of nitrogens with zero attached hydrogens (tertiary/aromatic N) is 3. The van der Waals surface area contributed by atoms with E-state index in [0.717, 1.165) is 57.0 Å². The van der Waals surface area contributed by atoms with Crippen LogP contribution >= 0.6 is 0 Å². The number of rotatable bonds is 5. The molecule has 1 amide bonds. The molecule has 6 heteroatoms. The molecule has 2 aliphatic heterocycles. The number of aryl methyl sites for hydroxylation is 1. The molecular weight excluding hydrogens is 278 g/mol. The number of likely N-dealkylation sites (tertiary alicyclic amines) is 1. The van der Waals surface area contributed by atoms with E-state index in [4.69, 9.17) is 0 Å². The van der Waals surface area contributed by atoms with E-state index < -0.39 is 0 Å². The van der Waals surface area contributed by atoms with Gasteiger partial charge in [0, 0.05) is 37.9 Å². The number of hydrogen-bond donors (Lipinski definition) is 2. The van der Waals surface area contributed by atoms with Crippen LogP contribution in [-0.4, -0.2) is 51.7 Å². The fraction of sp³-hybridized carbons (Fsp3) is 0.812. The van der Waals surface area contributed by atoms with Crippen molar-refractivity contribution in [3.63, 3.8) is 0 Å². The van der Waals surface area contributed by atoms with Gasteiger partial charge in [-0.2, -0.15) is 5.10 Å². The van der Waals surface area contributed by atoms with Gasteiger partial charge in [0.15, 0.2) is 5.82 Å². The SMILES string of the molecule is CCc1nc(C2CCN(C(=O)CC[C@H]3CCCN3)CC2)n[nH]1. The molecule has 0 unspecified atom stereocenters. The quantitative estimate of drug-likeness (QED) is 0.866. The Bertz CT molecular complexity index is 486. The third kappa shape index (κ3) is 3.66. The Balaban J connectivity index is 1.43. The fourth-order valence-corrected chi connectivity index (χ4v) is 3.50. The molecule has 3 rings (SSSR count). The van der Waals surface area contributed by atoms with Crippen LogP contribution in [0.15, 0.2) is 0 Å². The third-order valence-electron chi connectivity index (χ3n) is 4.97. The summed E-state index contributed by atoms with van der Waals surface area (Å²) in [6.07, 6.45) is 6.99. The van der Waals surface area contributed by atoms with E-state index in [-0.39, 0.29) is 0 Å². The summed E-state index contributed by atoms with van der Waals surface area (Å²) in [6.45, 7) is 4.88. The number of aromatic amines is 1. The van der Waals surface area contributed by atoms with Crippen LogP contribution in [0.3, 0.4) is 0 Å². The highest BCUT2D eigenvalue weighted by atomic mass is 16.2. The molecule has 0 radical (unpaired) electrons. The zero-order valence-corrected chi connectivity index (χ0v) is 13.5. The molecule has 6 nitrogen and oxygen atoms in total. The number of amides is 1. The standard InChI is InChI=1S/C16H27N5O/c1-2-14-18-16(20-19-14)12-7-10-21(11-8-12)15(22)6-5-13-4-3-9-17-13/h12-13,17H,2-11H2,1H3,(H,18,19,20)/t13-/m1/s1. The van der Waals surface area contributed by atoms with Crippen LogP contribution in [0, 0.1) is 0 Å². The Kier molecular flexibility index (Phi) is 5.08. The van der Waals surface area contributed by atoms with Crippen LogP contribution < -0.4 is 5.32 Å². The van der Waals surface area contributed by atoms with E-state index in [9.17, 15) is 4.79 Å². The summed E-state index contributed by atoms with van der Waals surface area (Å²) in [7, 11) is 0. The summed E-state index contributed by atoms with van der Waals surface area (Å²) in [5, 5.41) is 10.8. The second kappa shape index (κ2) is 7.22. The van der Waals surface area contributed by atoms with Gasteiger partial charge in [-0.15, -0.1) is 0 Å². The van der Waals surface area contributed by atoms with E-state index in [1.165, 1.54) is 12.8 Å². The molecule has 2 saturated heterocycles. The van der Waals surface area contributed by atoms with Crippen LogP contribution in [-0.2, 0) is 11.2 Å². The van der Waals surface area contributed by atoms with Crippen molar-refractivity contribution in [1.29, 1.82) is 0 Å². The second-order valence-electron chi connectivity index (χ2n) is 6.48. The Hall–Kier alpha value is -1.43. The lowest BCUT2D eigenvalue weighted by Gasteiger charge is -2.31. The number of nitrogens with one attached hydrogen (secondary N) is 2. The van der Waals surface area contributed by atoms with Gasteiger partial charge < -0.3 is 10.2 Å². The highest BCUT2D eigenvalue weighted by Gasteiger charge is 2.26. The summed E-state index contributed by atoms with van der Waals surface area (Å²) in [5.41, 5.74) is 0. The highest BCUT2D eigenvalue weighted by Crippen LogP contribution is 2.26. The van der Waals surface area contributed by atoms with Gasteiger partial charge >= 0.3 is 0 Å². The zero-order valence-electron chi connectivity index (χ0n) is 13.5. The molecule has 2 N–H and O–H groups in total. The monoisotopic (exact) mass is 305 g/mol. The molecule has 2 aliphatic rings. The normalized spacial score (nSPS) is 23.1. The lowest BCUT2D eigenvalue weighted by molar-refractivity contribution is -0.132. The van der Waals surface area contributed by atoms with Crippen LogP contribution in [0.25, 0.3) is 0 Å². The maximum absolute atomic E-state index is 12.3. The Morgan fingerprint density at radius 3 is 2.77 bits per heavy atom. The number of piperidine rings is 1. The van der Waals surface area contributed by atoms with Crippen molar-refractivity contribution in [2.75, 3.05) is 19.6 Å². The first kappa shape index (κ1) is 15.5. The zero-order chi connectivity index (χ0) is 15.4. The largest absolute Gasteiger partial charge is 0.343 e. The van der Waals surface area contributed by atoms with Gasteiger partial charge in [0.25, 0.3) is 0 Å². The molecule has 0 aromatic carbocycles. The van der Waals surface area contributed by atoms with Crippen molar-refractivity contribution in [2.24, 2.45) is 0 Å². The molecule has 1 aromatic heterocycles. The van der Waals surface area contributed by atoms with Gasteiger partial charge in [-0.1, -0.05) is 6.92 Å². The van der Waals surface area contributed by atoms with E-state index in [1.54, 1.807) is 0 Å². The van der Waals surface area contributed by atoms with Gasteiger partial charge in [-0.05, 0) is 38.6 Å². The van der Waals surface area contributed by atoms with Crippen molar-refractivity contribution in [3.05, 3.63) is 11.6 Å². The average molecular weight is 305 g/mol. The first-order valence-corrected chi connectivity index (χ1v) is 8.68. The van der Waals surface area contributed by atoms with Crippen LogP contribution in [0.4, 0.5) is 0 Å². The van der Waals surface area contributed by atoms with Gasteiger partial charge in [0.2, 0.25) is 5.91 Å². The van der Waals surface area contributed by atoms with E-state index >= 15 is 0 Å².